The van der Waals surface area contributed by atoms with Crippen molar-refractivity contribution in [3.63, 3.8) is 0 Å². The van der Waals surface area contributed by atoms with Gasteiger partial charge in [-0.2, -0.15) is 0 Å². The Bertz CT molecular complexity index is 589. The fraction of sp³-hybridized carbons (Fsp3) is 0.400. The second-order valence-corrected chi connectivity index (χ2v) is 6.44. The molecule has 0 amide bonds. The van der Waals surface area contributed by atoms with Crippen molar-refractivity contribution in [2.45, 2.75) is 19.4 Å². The van der Waals surface area contributed by atoms with E-state index in [0.29, 0.717) is 0 Å². The first-order valence-corrected chi connectivity index (χ1v) is 8.35. The van der Waals surface area contributed by atoms with E-state index >= 15 is 0 Å². The molecule has 0 atom stereocenters. The molecule has 3 heteroatoms. The number of ether oxygens (including phenoxy) is 1. The zero-order valence-corrected chi connectivity index (χ0v) is 13.5. The standard InChI is InChI=1S/C20H25NO2/c22-16-20(10-12-23-13-11-20)15-21-14-17-6-8-19(9-7-17)18-4-2-1-3-5-18/h1-9,21-22H,10-16H2. The van der Waals surface area contributed by atoms with Crippen molar-refractivity contribution in [1.29, 1.82) is 0 Å². The Kier molecular flexibility index (Phi) is 5.44. The van der Waals surface area contributed by atoms with E-state index in [1.54, 1.807) is 0 Å². The molecule has 3 rings (SSSR count). The lowest BCUT2D eigenvalue weighted by Gasteiger charge is -2.35. The average Bonchev–Trinajstić information content (AvgIpc) is 2.64. The number of hydrogen-bond donors (Lipinski definition) is 2. The number of aliphatic hydroxyl groups is 1. The van der Waals surface area contributed by atoms with E-state index in [-0.39, 0.29) is 12.0 Å². The SMILES string of the molecule is OCC1(CNCc2ccc(-c3ccccc3)cc2)CCOCC1. The second kappa shape index (κ2) is 7.73. The fourth-order valence-electron chi connectivity index (χ4n) is 3.11. The maximum absolute atomic E-state index is 9.71. The van der Waals surface area contributed by atoms with Crippen LogP contribution in [0.3, 0.4) is 0 Å². The van der Waals surface area contributed by atoms with E-state index in [9.17, 15) is 5.11 Å². The molecular formula is C20H25NO2. The number of aliphatic hydroxyl groups excluding tert-OH is 1. The summed E-state index contributed by atoms with van der Waals surface area (Å²) in [5, 5.41) is 13.2. The van der Waals surface area contributed by atoms with Crippen LogP contribution < -0.4 is 5.32 Å². The van der Waals surface area contributed by atoms with Gasteiger partial charge in [-0.15, -0.1) is 0 Å². The van der Waals surface area contributed by atoms with Gasteiger partial charge in [0.25, 0.3) is 0 Å². The van der Waals surface area contributed by atoms with Crippen molar-refractivity contribution in [3.8, 4) is 11.1 Å². The van der Waals surface area contributed by atoms with E-state index in [4.69, 9.17) is 4.74 Å². The molecule has 1 aliphatic rings. The Labute approximate surface area is 138 Å². The third kappa shape index (κ3) is 4.20. The zero-order valence-electron chi connectivity index (χ0n) is 13.5. The third-order valence-corrected chi connectivity index (χ3v) is 4.78. The summed E-state index contributed by atoms with van der Waals surface area (Å²) in [6, 6.07) is 19.1. The van der Waals surface area contributed by atoms with Crippen LogP contribution in [-0.4, -0.2) is 31.5 Å². The van der Waals surface area contributed by atoms with Crippen LogP contribution in [0.1, 0.15) is 18.4 Å². The molecule has 0 aromatic heterocycles. The third-order valence-electron chi connectivity index (χ3n) is 4.78. The molecule has 122 valence electrons. The topological polar surface area (TPSA) is 41.5 Å². The monoisotopic (exact) mass is 311 g/mol. The van der Waals surface area contributed by atoms with Crippen LogP contribution in [0.4, 0.5) is 0 Å². The van der Waals surface area contributed by atoms with Crippen LogP contribution in [0.2, 0.25) is 0 Å². The summed E-state index contributed by atoms with van der Waals surface area (Å²) in [5.74, 6) is 0. The minimum absolute atomic E-state index is 0.0117. The molecule has 0 bridgehead atoms. The highest BCUT2D eigenvalue weighted by molar-refractivity contribution is 5.63. The largest absolute Gasteiger partial charge is 0.396 e. The molecule has 1 heterocycles. The highest BCUT2D eigenvalue weighted by atomic mass is 16.5. The zero-order chi connectivity index (χ0) is 16.0. The van der Waals surface area contributed by atoms with Crippen LogP contribution in [0.25, 0.3) is 11.1 Å². The minimum Gasteiger partial charge on any atom is -0.396 e. The Balaban J connectivity index is 1.54. The normalized spacial score (nSPS) is 17.1. The van der Waals surface area contributed by atoms with Gasteiger partial charge in [-0.05, 0) is 29.5 Å². The summed E-state index contributed by atoms with van der Waals surface area (Å²) >= 11 is 0. The Morgan fingerprint density at radius 3 is 2.22 bits per heavy atom. The highest BCUT2D eigenvalue weighted by Gasteiger charge is 2.31. The first-order chi connectivity index (χ1) is 11.3. The molecule has 0 radical (unpaired) electrons. The Hall–Kier alpha value is -1.68. The maximum Gasteiger partial charge on any atom is 0.0501 e. The van der Waals surface area contributed by atoms with Gasteiger partial charge in [0.15, 0.2) is 0 Å². The van der Waals surface area contributed by atoms with Crippen LogP contribution in [-0.2, 0) is 11.3 Å². The molecular weight excluding hydrogens is 286 g/mol. The van der Waals surface area contributed by atoms with Gasteiger partial charge in [-0.3, -0.25) is 0 Å². The smallest absolute Gasteiger partial charge is 0.0501 e. The molecule has 0 saturated carbocycles. The van der Waals surface area contributed by atoms with Gasteiger partial charge in [0.05, 0.1) is 6.61 Å². The molecule has 1 fully saturated rings. The molecule has 23 heavy (non-hydrogen) atoms. The lowest BCUT2D eigenvalue weighted by Crippen LogP contribution is -2.41. The summed E-state index contributed by atoms with van der Waals surface area (Å²) in [4.78, 5) is 0. The maximum atomic E-state index is 9.71. The van der Waals surface area contributed by atoms with Crippen molar-refractivity contribution in [2.75, 3.05) is 26.4 Å². The highest BCUT2D eigenvalue weighted by Crippen LogP contribution is 2.29. The first-order valence-electron chi connectivity index (χ1n) is 8.35. The first kappa shape index (κ1) is 16.2. The van der Waals surface area contributed by atoms with Crippen molar-refractivity contribution in [3.05, 3.63) is 60.2 Å². The Morgan fingerprint density at radius 1 is 0.913 bits per heavy atom. The summed E-state index contributed by atoms with van der Waals surface area (Å²) in [5.41, 5.74) is 3.74. The van der Waals surface area contributed by atoms with E-state index in [0.717, 1.165) is 39.1 Å². The summed E-state index contributed by atoms with van der Waals surface area (Å²) in [6.07, 6.45) is 1.87. The quantitative estimate of drug-likeness (QED) is 0.860. The lowest BCUT2D eigenvalue weighted by molar-refractivity contribution is -0.0154. The van der Waals surface area contributed by atoms with Gasteiger partial charge >= 0.3 is 0 Å². The molecule has 0 unspecified atom stereocenters. The molecule has 2 aromatic rings. The molecule has 0 spiro atoms. The van der Waals surface area contributed by atoms with Crippen LogP contribution in [0, 0.1) is 5.41 Å². The Morgan fingerprint density at radius 2 is 1.57 bits per heavy atom. The molecule has 3 nitrogen and oxygen atoms in total. The van der Waals surface area contributed by atoms with Gasteiger partial charge in [0, 0.05) is 31.7 Å². The summed E-state index contributed by atoms with van der Waals surface area (Å²) in [7, 11) is 0. The number of rotatable bonds is 6. The van der Waals surface area contributed by atoms with Crippen LogP contribution in [0.5, 0.6) is 0 Å². The molecule has 2 aromatic carbocycles. The van der Waals surface area contributed by atoms with Crippen LogP contribution >= 0.6 is 0 Å². The van der Waals surface area contributed by atoms with Gasteiger partial charge in [0.2, 0.25) is 0 Å². The van der Waals surface area contributed by atoms with Gasteiger partial charge in [-0.25, -0.2) is 0 Å². The van der Waals surface area contributed by atoms with E-state index in [1.807, 2.05) is 6.07 Å². The molecule has 1 saturated heterocycles. The van der Waals surface area contributed by atoms with Crippen molar-refractivity contribution < 1.29 is 9.84 Å². The van der Waals surface area contributed by atoms with Crippen LogP contribution in [0.15, 0.2) is 54.6 Å². The van der Waals surface area contributed by atoms with E-state index < -0.39 is 0 Å². The summed E-state index contributed by atoms with van der Waals surface area (Å²) in [6.45, 7) is 3.42. The fourth-order valence-corrected chi connectivity index (χ4v) is 3.11. The number of benzene rings is 2. The van der Waals surface area contributed by atoms with Crippen molar-refractivity contribution in [2.24, 2.45) is 5.41 Å². The molecule has 0 aliphatic carbocycles. The number of nitrogens with one attached hydrogen (secondary N) is 1. The van der Waals surface area contributed by atoms with Gasteiger partial charge < -0.3 is 15.2 Å². The summed E-state index contributed by atoms with van der Waals surface area (Å²) < 4.78 is 5.41. The lowest BCUT2D eigenvalue weighted by atomic mass is 9.81. The van der Waals surface area contributed by atoms with E-state index in [1.165, 1.54) is 16.7 Å². The minimum atomic E-state index is -0.0117. The van der Waals surface area contributed by atoms with Crippen molar-refractivity contribution in [1.82, 2.24) is 5.32 Å². The van der Waals surface area contributed by atoms with Gasteiger partial charge in [-0.1, -0.05) is 54.6 Å². The van der Waals surface area contributed by atoms with Gasteiger partial charge in [0.1, 0.15) is 0 Å². The van der Waals surface area contributed by atoms with Crippen molar-refractivity contribution >= 4 is 0 Å². The second-order valence-electron chi connectivity index (χ2n) is 6.44. The van der Waals surface area contributed by atoms with E-state index in [2.05, 4.69) is 53.8 Å². The average molecular weight is 311 g/mol. The molecule has 2 N–H and O–H groups in total. The molecule has 1 aliphatic heterocycles. The number of hydrogen-bond acceptors (Lipinski definition) is 3. The predicted octanol–water partition coefficient (Wildman–Crippen LogP) is 3.23. The predicted molar refractivity (Wildman–Crippen MR) is 93.2 cm³/mol.